The van der Waals surface area contributed by atoms with Crippen molar-refractivity contribution in [3.8, 4) is 0 Å². The fourth-order valence-corrected chi connectivity index (χ4v) is 3.78. The van der Waals surface area contributed by atoms with Crippen molar-refractivity contribution in [2.45, 2.75) is 52.1 Å². The van der Waals surface area contributed by atoms with E-state index in [1.54, 1.807) is 0 Å². The van der Waals surface area contributed by atoms with E-state index in [1.165, 1.54) is 12.8 Å². The van der Waals surface area contributed by atoms with Crippen molar-refractivity contribution in [2.75, 3.05) is 19.8 Å². The zero-order chi connectivity index (χ0) is 13.3. The Morgan fingerprint density at radius 2 is 2.17 bits per heavy atom. The first-order chi connectivity index (χ1) is 8.39. The van der Waals surface area contributed by atoms with Gasteiger partial charge >= 0.3 is 5.97 Å². The van der Waals surface area contributed by atoms with Crippen molar-refractivity contribution >= 4 is 5.97 Å². The number of ether oxygens (including phenoxy) is 1. The molecule has 1 N–H and O–H groups in total. The van der Waals surface area contributed by atoms with Crippen LogP contribution in [0.5, 0.6) is 0 Å². The van der Waals surface area contributed by atoms with Gasteiger partial charge in [-0.1, -0.05) is 20.8 Å². The molecule has 1 saturated heterocycles. The van der Waals surface area contributed by atoms with Gasteiger partial charge in [-0.05, 0) is 24.2 Å². The minimum atomic E-state index is -0.722. The zero-order valence-corrected chi connectivity index (χ0v) is 11.7. The van der Waals surface area contributed by atoms with Gasteiger partial charge in [0.2, 0.25) is 0 Å². The fraction of sp³-hybridized carbons (Fsp3) is 0.929. The van der Waals surface area contributed by atoms with Gasteiger partial charge in [-0.2, -0.15) is 0 Å². The largest absolute Gasteiger partial charge is 0.481 e. The number of carboxylic acids is 1. The lowest BCUT2D eigenvalue weighted by molar-refractivity contribution is -0.141. The Hall–Kier alpha value is -0.610. The van der Waals surface area contributed by atoms with Crippen LogP contribution >= 0.6 is 0 Å². The smallest absolute Gasteiger partial charge is 0.305 e. The van der Waals surface area contributed by atoms with Crippen molar-refractivity contribution in [1.29, 1.82) is 0 Å². The van der Waals surface area contributed by atoms with E-state index >= 15 is 0 Å². The number of rotatable bonds is 3. The Balaban J connectivity index is 2.07. The normalized spacial score (nSPS) is 36.7. The standard InChI is InChI=1S/C14H25NO3/c1-10-7-14(2,3)8-12(10)15-4-5-18-9-11(15)6-13(16)17/h10-12H,4-9H2,1-3H3,(H,16,17). The summed E-state index contributed by atoms with van der Waals surface area (Å²) in [5.41, 5.74) is 0.385. The summed E-state index contributed by atoms with van der Waals surface area (Å²) in [5.74, 6) is -0.0743. The van der Waals surface area contributed by atoms with E-state index in [0.29, 0.717) is 24.0 Å². The first-order valence-electron chi connectivity index (χ1n) is 6.94. The molecular formula is C14H25NO3. The Bertz CT molecular complexity index is 316. The Kier molecular flexibility index (Phi) is 3.97. The van der Waals surface area contributed by atoms with Crippen molar-refractivity contribution < 1.29 is 14.6 Å². The van der Waals surface area contributed by atoms with Gasteiger partial charge in [0.25, 0.3) is 0 Å². The molecule has 1 aliphatic carbocycles. The molecule has 1 heterocycles. The molecule has 0 aromatic carbocycles. The highest BCUT2D eigenvalue weighted by Crippen LogP contribution is 2.44. The highest BCUT2D eigenvalue weighted by molar-refractivity contribution is 5.67. The predicted molar refractivity (Wildman–Crippen MR) is 69.5 cm³/mol. The molecular weight excluding hydrogens is 230 g/mol. The minimum Gasteiger partial charge on any atom is -0.481 e. The van der Waals surface area contributed by atoms with Gasteiger partial charge in [-0.3, -0.25) is 9.69 Å². The Labute approximate surface area is 109 Å². The molecule has 3 unspecified atom stereocenters. The molecule has 0 aromatic rings. The van der Waals surface area contributed by atoms with E-state index in [0.717, 1.165) is 13.2 Å². The van der Waals surface area contributed by atoms with E-state index in [1.807, 2.05) is 0 Å². The first kappa shape index (κ1) is 13.8. The summed E-state index contributed by atoms with van der Waals surface area (Å²) in [6.45, 7) is 9.11. The fourth-order valence-electron chi connectivity index (χ4n) is 3.78. The lowest BCUT2D eigenvalue weighted by atomic mass is 9.91. The SMILES string of the molecule is CC1CC(C)(C)CC1N1CCOCC1CC(=O)O. The van der Waals surface area contributed by atoms with Crippen LogP contribution in [0.25, 0.3) is 0 Å². The summed E-state index contributed by atoms with van der Waals surface area (Å²) in [7, 11) is 0. The third-order valence-corrected chi connectivity index (χ3v) is 4.40. The maximum absolute atomic E-state index is 11.0. The molecule has 18 heavy (non-hydrogen) atoms. The molecule has 2 aliphatic rings. The van der Waals surface area contributed by atoms with Gasteiger partial charge in [-0.15, -0.1) is 0 Å². The quantitative estimate of drug-likeness (QED) is 0.838. The van der Waals surface area contributed by atoms with Gasteiger partial charge in [0, 0.05) is 18.6 Å². The van der Waals surface area contributed by atoms with E-state index in [4.69, 9.17) is 9.84 Å². The van der Waals surface area contributed by atoms with Crippen LogP contribution in [-0.2, 0) is 9.53 Å². The molecule has 0 aromatic heterocycles. The van der Waals surface area contributed by atoms with Crippen LogP contribution in [0.1, 0.15) is 40.0 Å². The lowest BCUT2D eigenvalue weighted by Gasteiger charge is -2.41. The molecule has 1 saturated carbocycles. The summed E-state index contributed by atoms with van der Waals surface area (Å²) in [6, 6.07) is 0.575. The van der Waals surface area contributed by atoms with Gasteiger partial charge in [0.1, 0.15) is 0 Å². The molecule has 0 radical (unpaired) electrons. The number of aliphatic carboxylic acids is 1. The van der Waals surface area contributed by atoms with Crippen molar-refractivity contribution in [3.63, 3.8) is 0 Å². The van der Waals surface area contributed by atoms with Crippen molar-refractivity contribution in [2.24, 2.45) is 11.3 Å². The molecule has 0 bridgehead atoms. The number of carboxylic acid groups (broad SMARTS) is 1. The summed E-state index contributed by atoms with van der Waals surface area (Å²) in [4.78, 5) is 13.4. The topological polar surface area (TPSA) is 49.8 Å². The van der Waals surface area contributed by atoms with Gasteiger partial charge in [0.05, 0.1) is 19.6 Å². The van der Waals surface area contributed by atoms with Crippen molar-refractivity contribution in [1.82, 2.24) is 4.90 Å². The number of hydrogen-bond acceptors (Lipinski definition) is 3. The monoisotopic (exact) mass is 255 g/mol. The average molecular weight is 255 g/mol. The number of hydrogen-bond donors (Lipinski definition) is 1. The van der Waals surface area contributed by atoms with Gasteiger partial charge in [0.15, 0.2) is 0 Å². The summed E-state index contributed by atoms with van der Waals surface area (Å²) < 4.78 is 5.46. The third kappa shape index (κ3) is 3.04. The first-order valence-corrected chi connectivity index (χ1v) is 6.94. The molecule has 104 valence electrons. The summed E-state index contributed by atoms with van der Waals surface area (Å²) in [6.07, 6.45) is 2.60. The molecule has 4 heteroatoms. The van der Waals surface area contributed by atoms with Crippen LogP contribution in [0, 0.1) is 11.3 Å². The zero-order valence-electron chi connectivity index (χ0n) is 11.7. The van der Waals surface area contributed by atoms with Crippen LogP contribution in [0.3, 0.4) is 0 Å². The molecule has 0 spiro atoms. The van der Waals surface area contributed by atoms with Crippen molar-refractivity contribution in [3.05, 3.63) is 0 Å². The van der Waals surface area contributed by atoms with E-state index in [-0.39, 0.29) is 12.5 Å². The van der Waals surface area contributed by atoms with Crippen LogP contribution < -0.4 is 0 Å². The second-order valence-electron chi connectivity index (χ2n) is 6.68. The van der Waals surface area contributed by atoms with Gasteiger partial charge < -0.3 is 9.84 Å². The van der Waals surface area contributed by atoms with Crippen LogP contribution in [0.4, 0.5) is 0 Å². The van der Waals surface area contributed by atoms with Crippen LogP contribution in [0.15, 0.2) is 0 Å². The molecule has 4 nitrogen and oxygen atoms in total. The molecule has 2 rings (SSSR count). The highest BCUT2D eigenvalue weighted by Gasteiger charge is 2.42. The number of nitrogens with zero attached hydrogens (tertiary/aromatic N) is 1. The number of morpholine rings is 1. The van der Waals surface area contributed by atoms with Crippen LogP contribution in [0.2, 0.25) is 0 Å². The Morgan fingerprint density at radius 3 is 2.72 bits per heavy atom. The van der Waals surface area contributed by atoms with Crippen LogP contribution in [-0.4, -0.2) is 47.8 Å². The van der Waals surface area contributed by atoms with E-state index in [9.17, 15) is 4.79 Å². The highest BCUT2D eigenvalue weighted by atomic mass is 16.5. The van der Waals surface area contributed by atoms with E-state index < -0.39 is 5.97 Å². The predicted octanol–water partition coefficient (Wildman–Crippen LogP) is 1.99. The minimum absolute atomic E-state index is 0.0533. The average Bonchev–Trinajstić information content (AvgIpc) is 2.52. The Morgan fingerprint density at radius 1 is 1.44 bits per heavy atom. The third-order valence-electron chi connectivity index (χ3n) is 4.40. The van der Waals surface area contributed by atoms with Gasteiger partial charge in [-0.25, -0.2) is 0 Å². The summed E-state index contributed by atoms with van der Waals surface area (Å²) in [5, 5.41) is 9.01. The molecule has 1 aliphatic heterocycles. The number of carbonyl (C=O) groups is 1. The summed E-state index contributed by atoms with van der Waals surface area (Å²) >= 11 is 0. The second-order valence-corrected chi connectivity index (χ2v) is 6.68. The molecule has 0 amide bonds. The maximum Gasteiger partial charge on any atom is 0.305 e. The van der Waals surface area contributed by atoms with E-state index in [2.05, 4.69) is 25.7 Å². The molecule has 2 fully saturated rings. The maximum atomic E-state index is 11.0. The molecule has 3 atom stereocenters. The lowest BCUT2D eigenvalue weighted by Crippen LogP contribution is -2.52. The second kappa shape index (κ2) is 5.17.